The number of nitrogens with zero attached hydrogens (tertiary/aromatic N) is 2. The van der Waals surface area contributed by atoms with E-state index in [9.17, 15) is 13.2 Å². The van der Waals surface area contributed by atoms with Crippen LogP contribution in [0.2, 0.25) is 0 Å². The Balaban J connectivity index is 2.22. The molecule has 2 aromatic heterocycles. The van der Waals surface area contributed by atoms with Gasteiger partial charge in [0.1, 0.15) is 10.4 Å². The molecule has 0 unspecified atom stereocenters. The molecule has 0 aliphatic carbocycles. The maximum absolute atomic E-state index is 12.4. The third-order valence-electron chi connectivity index (χ3n) is 1.91. The van der Waals surface area contributed by atoms with Crippen molar-refractivity contribution in [3.05, 3.63) is 46.8 Å². The number of aromatic nitrogens is 2. The second kappa shape index (κ2) is 4.93. The van der Waals surface area contributed by atoms with Gasteiger partial charge in [-0.25, -0.2) is 9.97 Å². The van der Waals surface area contributed by atoms with Crippen molar-refractivity contribution in [1.29, 1.82) is 0 Å². The van der Waals surface area contributed by atoms with Crippen LogP contribution < -0.4 is 4.74 Å². The van der Waals surface area contributed by atoms with Gasteiger partial charge in [0, 0.05) is 18.3 Å². The van der Waals surface area contributed by atoms with E-state index in [0.717, 1.165) is 12.3 Å². The predicted octanol–water partition coefficient (Wildman–Crippen LogP) is 3.85. The van der Waals surface area contributed by atoms with E-state index in [-0.39, 0.29) is 5.88 Å². The van der Waals surface area contributed by atoms with Crippen molar-refractivity contribution in [3.63, 3.8) is 0 Å². The molecule has 0 amide bonds. The molecular formula is C11H5BrF3N2O. The van der Waals surface area contributed by atoms with Crippen LogP contribution in [0.4, 0.5) is 13.2 Å². The van der Waals surface area contributed by atoms with E-state index in [1.807, 2.05) is 6.07 Å². The Labute approximate surface area is 109 Å². The number of pyridine rings is 2. The maximum atomic E-state index is 12.4. The predicted molar refractivity (Wildman–Crippen MR) is 60.1 cm³/mol. The first-order chi connectivity index (χ1) is 8.45. The summed E-state index contributed by atoms with van der Waals surface area (Å²) < 4.78 is 43.0. The number of rotatable bonds is 2. The van der Waals surface area contributed by atoms with Gasteiger partial charge in [-0.05, 0) is 28.1 Å². The smallest absolute Gasteiger partial charge is 0.417 e. The third-order valence-corrected chi connectivity index (χ3v) is 2.38. The highest BCUT2D eigenvalue weighted by Crippen LogP contribution is 2.31. The second-order valence-electron chi connectivity index (χ2n) is 3.22. The van der Waals surface area contributed by atoms with E-state index in [1.54, 1.807) is 12.1 Å². The van der Waals surface area contributed by atoms with Crippen molar-refractivity contribution < 1.29 is 17.9 Å². The zero-order valence-corrected chi connectivity index (χ0v) is 10.3. The van der Waals surface area contributed by atoms with Gasteiger partial charge in [0.05, 0.1) is 11.8 Å². The number of alkyl halides is 3. The van der Waals surface area contributed by atoms with Gasteiger partial charge in [-0.1, -0.05) is 0 Å². The quantitative estimate of drug-likeness (QED) is 0.789. The van der Waals surface area contributed by atoms with Crippen LogP contribution >= 0.6 is 15.9 Å². The Hall–Kier alpha value is -1.63. The summed E-state index contributed by atoms with van der Waals surface area (Å²) in [6.07, 6.45) is -2.18. The summed E-state index contributed by atoms with van der Waals surface area (Å²) in [5.74, 6) is 0.134. The van der Waals surface area contributed by atoms with Crippen LogP contribution in [0.5, 0.6) is 11.6 Å². The fraction of sp³-hybridized carbons (Fsp3) is 0.0909. The Morgan fingerprint density at radius 1 is 1.22 bits per heavy atom. The molecule has 93 valence electrons. The normalized spacial score (nSPS) is 11.3. The largest absolute Gasteiger partial charge is 0.437 e. The Morgan fingerprint density at radius 2 is 2.00 bits per heavy atom. The van der Waals surface area contributed by atoms with E-state index in [2.05, 4.69) is 25.9 Å². The van der Waals surface area contributed by atoms with E-state index >= 15 is 0 Å². The lowest BCUT2D eigenvalue weighted by Crippen LogP contribution is -2.05. The molecule has 2 rings (SSSR count). The summed E-state index contributed by atoms with van der Waals surface area (Å²) in [6.45, 7) is 0. The minimum Gasteiger partial charge on any atom is -0.437 e. The summed E-state index contributed by atoms with van der Waals surface area (Å²) >= 11 is 3.13. The SMILES string of the molecule is FC(F)(F)c1[c]cnc(Oc2ccc(Br)nc2)c1. The number of hydrogen-bond donors (Lipinski definition) is 0. The molecule has 2 heterocycles. The van der Waals surface area contributed by atoms with Crippen molar-refractivity contribution in [2.75, 3.05) is 0 Å². The van der Waals surface area contributed by atoms with Crippen LogP contribution in [0.1, 0.15) is 5.56 Å². The molecule has 0 fully saturated rings. The molecule has 0 aromatic carbocycles. The molecule has 7 heteroatoms. The monoisotopic (exact) mass is 317 g/mol. The van der Waals surface area contributed by atoms with Gasteiger partial charge in [-0.15, -0.1) is 0 Å². The van der Waals surface area contributed by atoms with Crippen LogP contribution in [-0.4, -0.2) is 9.97 Å². The third kappa shape index (κ3) is 3.19. The van der Waals surface area contributed by atoms with Gasteiger partial charge < -0.3 is 4.74 Å². The summed E-state index contributed by atoms with van der Waals surface area (Å²) in [5, 5.41) is 0. The number of halogens is 4. The highest BCUT2D eigenvalue weighted by Gasteiger charge is 2.31. The molecular weight excluding hydrogens is 313 g/mol. The maximum Gasteiger partial charge on any atom is 0.417 e. The fourth-order valence-corrected chi connectivity index (χ4v) is 1.37. The van der Waals surface area contributed by atoms with Gasteiger partial charge in [0.15, 0.2) is 0 Å². The molecule has 2 aromatic rings. The lowest BCUT2D eigenvalue weighted by Gasteiger charge is -2.08. The van der Waals surface area contributed by atoms with Crippen molar-refractivity contribution in [3.8, 4) is 11.6 Å². The Kier molecular flexibility index (Phi) is 3.51. The average Bonchev–Trinajstić information content (AvgIpc) is 2.31. The molecule has 0 saturated heterocycles. The van der Waals surface area contributed by atoms with Crippen LogP contribution in [0, 0.1) is 6.07 Å². The van der Waals surface area contributed by atoms with Gasteiger partial charge in [-0.3, -0.25) is 0 Å². The molecule has 0 aliphatic heterocycles. The highest BCUT2D eigenvalue weighted by atomic mass is 79.9. The van der Waals surface area contributed by atoms with Crippen LogP contribution in [0.3, 0.4) is 0 Å². The van der Waals surface area contributed by atoms with Crippen LogP contribution in [0.25, 0.3) is 0 Å². The van der Waals surface area contributed by atoms with E-state index in [4.69, 9.17) is 4.74 Å². The fourth-order valence-electron chi connectivity index (χ4n) is 1.13. The van der Waals surface area contributed by atoms with E-state index < -0.39 is 11.7 Å². The summed E-state index contributed by atoms with van der Waals surface area (Å²) in [7, 11) is 0. The van der Waals surface area contributed by atoms with Crippen LogP contribution in [0.15, 0.2) is 35.2 Å². The molecule has 0 bridgehead atoms. The first-order valence-corrected chi connectivity index (χ1v) is 5.49. The molecule has 0 atom stereocenters. The molecule has 0 saturated carbocycles. The molecule has 0 spiro atoms. The number of hydrogen-bond acceptors (Lipinski definition) is 3. The lowest BCUT2D eigenvalue weighted by molar-refractivity contribution is -0.138. The standard InChI is InChI=1S/C11H5BrF3N2O/c12-9-2-1-8(6-17-9)18-10-5-7(3-4-16-10)11(13,14)15/h1-2,4-6H. The van der Waals surface area contributed by atoms with Crippen molar-refractivity contribution in [1.82, 2.24) is 9.97 Å². The minimum atomic E-state index is -4.47. The molecule has 1 radical (unpaired) electrons. The first-order valence-electron chi connectivity index (χ1n) is 4.69. The van der Waals surface area contributed by atoms with Gasteiger partial charge in [-0.2, -0.15) is 13.2 Å². The molecule has 18 heavy (non-hydrogen) atoms. The van der Waals surface area contributed by atoms with Gasteiger partial charge >= 0.3 is 6.18 Å². The van der Waals surface area contributed by atoms with E-state index in [1.165, 1.54) is 6.20 Å². The molecule has 0 aliphatic rings. The zero-order valence-electron chi connectivity index (χ0n) is 8.70. The molecule has 0 N–H and O–H groups in total. The Morgan fingerprint density at radius 3 is 2.61 bits per heavy atom. The van der Waals surface area contributed by atoms with Crippen molar-refractivity contribution >= 4 is 15.9 Å². The van der Waals surface area contributed by atoms with E-state index in [0.29, 0.717) is 10.4 Å². The van der Waals surface area contributed by atoms with Crippen LogP contribution in [-0.2, 0) is 6.18 Å². The minimum absolute atomic E-state index is 0.162. The zero-order chi connectivity index (χ0) is 13.2. The lowest BCUT2D eigenvalue weighted by atomic mass is 10.2. The number of ether oxygens (including phenoxy) is 1. The summed E-state index contributed by atoms with van der Waals surface area (Å²) in [5.41, 5.74) is -0.933. The topological polar surface area (TPSA) is 35.0 Å². The summed E-state index contributed by atoms with van der Waals surface area (Å²) in [4.78, 5) is 7.53. The van der Waals surface area contributed by atoms with Crippen molar-refractivity contribution in [2.24, 2.45) is 0 Å². The van der Waals surface area contributed by atoms with Gasteiger partial charge in [0.2, 0.25) is 5.88 Å². The second-order valence-corrected chi connectivity index (χ2v) is 4.03. The average molecular weight is 318 g/mol. The van der Waals surface area contributed by atoms with Crippen molar-refractivity contribution in [2.45, 2.75) is 6.18 Å². The van der Waals surface area contributed by atoms with Gasteiger partial charge in [0.25, 0.3) is 0 Å². The Bertz CT molecular complexity index is 543. The first kappa shape index (κ1) is 12.8. The summed E-state index contributed by atoms with van der Waals surface area (Å²) in [6, 6.07) is 5.95. The highest BCUT2D eigenvalue weighted by molar-refractivity contribution is 9.10. The molecule has 3 nitrogen and oxygen atoms in total.